The monoisotopic (exact) mass is 240 g/mol. The average molecular weight is 240 g/mol. The van der Waals surface area contributed by atoms with Crippen LogP contribution in [0.4, 0.5) is 0 Å². The first kappa shape index (κ1) is 14.8. The van der Waals surface area contributed by atoms with Crippen molar-refractivity contribution in [1.29, 1.82) is 0 Å². The van der Waals surface area contributed by atoms with Crippen molar-refractivity contribution in [3.8, 4) is 0 Å². The Morgan fingerprint density at radius 2 is 1.12 bits per heavy atom. The highest BCUT2D eigenvalue weighted by Crippen LogP contribution is 1.96. The molecular formula is C11H12O6. The lowest BCUT2D eigenvalue weighted by Gasteiger charge is -2.01. The molecule has 0 bridgehead atoms. The Morgan fingerprint density at radius 1 is 0.765 bits per heavy atom. The van der Waals surface area contributed by atoms with Gasteiger partial charge >= 0.3 is 23.9 Å². The van der Waals surface area contributed by atoms with Crippen molar-refractivity contribution in [2.45, 2.75) is 19.3 Å². The molecule has 0 aliphatic heterocycles. The molecular weight excluding hydrogens is 228 g/mol. The quantitative estimate of drug-likeness (QED) is 0.385. The number of rotatable bonds is 6. The van der Waals surface area contributed by atoms with Crippen molar-refractivity contribution < 1.29 is 28.7 Å². The number of esters is 4. The van der Waals surface area contributed by atoms with E-state index in [4.69, 9.17) is 0 Å². The van der Waals surface area contributed by atoms with E-state index in [1.54, 1.807) is 0 Å². The summed E-state index contributed by atoms with van der Waals surface area (Å²) in [5.74, 6) is -3.80. The van der Waals surface area contributed by atoms with E-state index in [1.165, 1.54) is 12.2 Å². The molecule has 0 atom stereocenters. The second-order valence-electron chi connectivity index (χ2n) is 2.85. The Bertz CT molecular complexity index is 321. The summed E-state index contributed by atoms with van der Waals surface area (Å²) >= 11 is 0. The smallest absolute Gasteiger partial charge is 0.324 e. The normalized spacial score (nSPS) is 8.94. The van der Waals surface area contributed by atoms with Gasteiger partial charge < -0.3 is 9.47 Å². The molecule has 0 spiro atoms. The zero-order valence-corrected chi connectivity index (χ0v) is 9.14. The van der Waals surface area contributed by atoms with Crippen LogP contribution in [0.1, 0.15) is 19.3 Å². The van der Waals surface area contributed by atoms with Gasteiger partial charge in [-0.25, -0.2) is 0 Å². The Morgan fingerprint density at radius 3 is 1.41 bits per heavy atom. The van der Waals surface area contributed by atoms with Gasteiger partial charge in [0.15, 0.2) is 0 Å². The summed E-state index contributed by atoms with van der Waals surface area (Å²) in [4.78, 5) is 43.6. The minimum Gasteiger partial charge on any atom is -0.392 e. The van der Waals surface area contributed by atoms with Gasteiger partial charge in [0, 0.05) is 0 Å². The van der Waals surface area contributed by atoms with E-state index >= 15 is 0 Å². The minimum absolute atomic E-state index is 0.143. The lowest BCUT2D eigenvalue weighted by molar-refractivity contribution is -0.165. The number of hydrogen-bond donors (Lipinski definition) is 0. The van der Waals surface area contributed by atoms with Gasteiger partial charge in [-0.3, -0.25) is 19.2 Å². The molecule has 0 radical (unpaired) electrons. The van der Waals surface area contributed by atoms with Crippen LogP contribution >= 0.6 is 0 Å². The van der Waals surface area contributed by atoms with E-state index in [2.05, 4.69) is 22.6 Å². The standard InChI is InChI=1S/C11H12O6/c1-3-5-8(12)16-10(14)7-11(15)17-9(13)6-4-2/h3-4H,1-2,5-7H2. The number of carbonyl (C=O) groups is 4. The van der Waals surface area contributed by atoms with E-state index in [0.717, 1.165) is 0 Å². The van der Waals surface area contributed by atoms with Crippen LogP contribution in [-0.2, 0) is 28.7 Å². The fourth-order valence-electron chi connectivity index (χ4n) is 0.763. The number of ether oxygens (including phenoxy) is 2. The third-order valence-electron chi connectivity index (χ3n) is 1.37. The lowest BCUT2D eigenvalue weighted by Crippen LogP contribution is -2.19. The van der Waals surface area contributed by atoms with Crippen LogP contribution in [0.25, 0.3) is 0 Å². The summed E-state index contributed by atoms with van der Waals surface area (Å²) in [5, 5.41) is 0. The second kappa shape index (κ2) is 7.98. The van der Waals surface area contributed by atoms with E-state index < -0.39 is 30.3 Å². The second-order valence-corrected chi connectivity index (χ2v) is 2.85. The molecule has 0 aromatic carbocycles. The summed E-state index contributed by atoms with van der Waals surface area (Å²) in [6.45, 7) is 6.54. The predicted octanol–water partition coefficient (Wildman–Crippen LogP) is 0.668. The van der Waals surface area contributed by atoms with E-state index in [9.17, 15) is 19.2 Å². The van der Waals surface area contributed by atoms with Crippen LogP contribution in [0.2, 0.25) is 0 Å². The van der Waals surface area contributed by atoms with Crippen LogP contribution in [0, 0.1) is 0 Å². The Balaban J connectivity index is 3.99. The molecule has 17 heavy (non-hydrogen) atoms. The largest absolute Gasteiger partial charge is 0.392 e. The molecule has 0 aromatic rings. The highest BCUT2D eigenvalue weighted by Gasteiger charge is 2.17. The van der Waals surface area contributed by atoms with Gasteiger partial charge in [0.2, 0.25) is 0 Å². The fourth-order valence-corrected chi connectivity index (χ4v) is 0.763. The minimum atomic E-state index is -1.08. The third-order valence-corrected chi connectivity index (χ3v) is 1.37. The van der Waals surface area contributed by atoms with E-state index in [1.807, 2.05) is 0 Å². The van der Waals surface area contributed by atoms with Crippen molar-refractivity contribution in [2.24, 2.45) is 0 Å². The van der Waals surface area contributed by atoms with Gasteiger partial charge in [0.05, 0.1) is 12.8 Å². The molecule has 0 saturated carbocycles. The zero-order chi connectivity index (χ0) is 13.3. The first-order valence-electron chi connectivity index (χ1n) is 4.68. The van der Waals surface area contributed by atoms with Gasteiger partial charge in [-0.05, 0) is 0 Å². The zero-order valence-electron chi connectivity index (χ0n) is 9.14. The van der Waals surface area contributed by atoms with E-state index in [-0.39, 0.29) is 12.8 Å². The maximum Gasteiger partial charge on any atom is 0.324 e. The summed E-state index contributed by atoms with van der Waals surface area (Å²) in [7, 11) is 0. The van der Waals surface area contributed by atoms with Crippen molar-refractivity contribution in [2.75, 3.05) is 0 Å². The van der Waals surface area contributed by atoms with Gasteiger partial charge in [-0.2, -0.15) is 0 Å². The SMILES string of the molecule is C=CCC(=O)OC(=O)CC(=O)OC(=O)CC=C. The molecule has 0 aromatic heterocycles. The van der Waals surface area contributed by atoms with Crippen LogP contribution in [0.15, 0.2) is 25.3 Å². The fraction of sp³-hybridized carbons (Fsp3) is 0.273. The Labute approximate surface area is 97.9 Å². The molecule has 6 heteroatoms. The first-order chi connectivity index (χ1) is 7.99. The molecule has 0 rings (SSSR count). The molecule has 0 fully saturated rings. The average Bonchev–Trinajstić information content (AvgIpc) is 2.16. The van der Waals surface area contributed by atoms with Crippen LogP contribution in [0.3, 0.4) is 0 Å². The molecule has 0 aliphatic rings. The summed E-state index contributed by atoms with van der Waals surface area (Å²) < 4.78 is 8.44. The maximum absolute atomic E-state index is 11.0. The van der Waals surface area contributed by atoms with Crippen molar-refractivity contribution in [3.05, 3.63) is 25.3 Å². The molecule has 0 heterocycles. The molecule has 0 saturated heterocycles. The number of carbonyl (C=O) groups excluding carboxylic acids is 4. The Kier molecular flexibility index (Phi) is 6.92. The molecule has 0 amide bonds. The van der Waals surface area contributed by atoms with Gasteiger partial charge in [0.25, 0.3) is 0 Å². The van der Waals surface area contributed by atoms with Crippen molar-refractivity contribution in [1.82, 2.24) is 0 Å². The van der Waals surface area contributed by atoms with Crippen molar-refractivity contribution in [3.63, 3.8) is 0 Å². The summed E-state index contributed by atoms with van der Waals surface area (Å²) in [6, 6.07) is 0. The van der Waals surface area contributed by atoms with Gasteiger partial charge in [0.1, 0.15) is 6.42 Å². The Hall–Kier alpha value is -2.24. The third kappa shape index (κ3) is 7.66. The highest BCUT2D eigenvalue weighted by atomic mass is 16.6. The summed E-state index contributed by atoms with van der Waals surface area (Å²) in [5.41, 5.74) is 0. The van der Waals surface area contributed by atoms with Crippen LogP contribution in [0.5, 0.6) is 0 Å². The van der Waals surface area contributed by atoms with Crippen LogP contribution in [-0.4, -0.2) is 23.9 Å². The summed E-state index contributed by atoms with van der Waals surface area (Å²) in [6.07, 6.45) is 1.42. The molecule has 92 valence electrons. The molecule has 0 unspecified atom stereocenters. The number of hydrogen-bond acceptors (Lipinski definition) is 6. The van der Waals surface area contributed by atoms with Crippen LogP contribution < -0.4 is 0 Å². The van der Waals surface area contributed by atoms with E-state index in [0.29, 0.717) is 0 Å². The molecule has 0 aliphatic carbocycles. The first-order valence-corrected chi connectivity index (χ1v) is 4.68. The van der Waals surface area contributed by atoms with Gasteiger partial charge in [-0.15, -0.1) is 13.2 Å². The topological polar surface area (TPSA) is 86.7 Å². The predicted molar refractivity (Wildman–Crippen MR) is 56.4 cm³/mol. The highest BCUT2D eigenvalue weighted by molar-refractivity contribution is 5.99. The van der Waals surface area contributed by atoms with Crippen molar-refractivity contribution >= 4 is 23.9 Å². The molecule has 6 nitrogen and oxygen atoms in total. The van der Waals surface area contributed by atoms with Gasteiger partial charge in [-0.1, -0.05) is 12.2 Å². The maximum atomic E-state index is 11.0. The lowest BCUT2D eigenvalue weighted by atomic mass is 10.4. The molecule has 0 N–H and O–H groups in total.